The van der Waals surface area contributed by atoms with Crippen molar-refractivity contribution >= 4 is 54.9 Å². The highest BCUT2D eigenvalue weighted by Crippen LogP contribution is 2.57. The second-order valence-electron chi connectivity index (χ2n) is 30.3. The smallest absolute Gasteiger partial charge is 0.459 e. The standard InChI is InChI=1S/C34H45FN4O13P2.2C22H29FN3O9P/c1-21(2)47-30(41)23(5)37-53(44,50-25-14-10-8-11-15-25)46-20-27-29(34(7,35)32(49-27)39-19-18-28(40)36-33(39)43)52-54(45,51-26-16-12-9-13-17-26)38-24(6)31(42)48-22(3)4;1-13(2)33-19(29)14(3)25-36(31,35-15-8-6-5-7-9-15)32-12-16-18(28)22(4,23)20(34-16)26-11-10-17(27)24-21(26)30;1-13(2)32-19(29)14(3)25-36(31,34-15-8-6-5-7-9-15)35-18-16(12-27)33-20(22(18,4)23)26-11-10-17(28)24-21(26)30/h8-19,21-24,27,29,32H,20H2,1-7H3,(H,37,44)(H,38,45)(H,36,40,43);5-11,13-14,16,18,20,28H,12H2,1-4H3,(H,25,31)(H,24,27,30);5-11,13-14,16,18,20,27H,12H2,1-4H3,(H,25,31)(H,24,28,30)/t23-,24-,27+,29+,32+,34+,53?,54?;2*14-,16+,18+,20+,22+,36?/m000/s1. The molecule has 7 aromatic rings. The number of hydrogen-bond donors (Lipinski definition) is 9. The number of rotatable bonds is 38. The zero-order valence-corrected chi connectivity index (χ0v) is 74.5. The number of carbonyl (C=O) groups excluding carboxylic acids is 4. The fourth-order valence-corrected chi connectivity index (χ4v) is 18.7. The first-order valence-corrected chi connectivity index (χ1v) is 45.4. The Bertz CT molecular complexity index is 5400. The van der Waals surface area contributed by atoms with E-state index in [1.807, 2.05) is 15.0 Å². The molecular weight excluding hydrogens is 1750 g/mol. The van der Waals surface area contributed by atoms with Crippen LogP contribution in [0.15, 0.2) is 187 Å². The van der Waals surface area contributed by atoms with Crippen molar-refractivity contribution in [3.05, 3.63) is 221 Å². The van der Waals surface area contributed by atoms with E-state index in [1.165, 1.54) is 76.2 Å². The van der Waals surface area contributed by atoms with Crippen molar-refractivity contribution in [1.29, 1.82) is 0 Å². The van der Waals surface area contributed by atoms with Crippen LogP contribution >= 0.6 is 31.0 Å². The topological polar surface area (TPSA) is 528 Å². The summed E-state index contributed by atoms with van der Waals surface area (Å²) in [6.45, 7) is 19.3. The normalized spacial score (nSPS) is 25.0. The largest absolute Gasteiger partial charge is 0.462 e. The molecule has 20 atom stereocenters. The van der Waals surface area contributed by atoms with E-state index in [9.17, 15) is 76.4 Å². The molecule has 41 nitrogen and oxygen atoms in total. The maximum Gasteiger partial charge on any atom is 0.459 e. The molecule has 10 rings (SSSR count). The van der Waals surface area contributed by atoms with Crippen molar-refractivity contribution in [3.8, 4) is 23.0 Å². The van der Waals surface area contributed by atoms with Gasteiger partial charge in [-0.05, 0) is 152 Å². The quantitative estimate of drug-likeness (QED) is 0.0100. The monoisotopic (exact) mass is 1860 g/mol. The lowest BCUT2D eigenvalue weighted by molar-refractivity contribution is -0.150. The number of nitrogens with zero attached hydrogens (tertiary/aromatic N) is 3. The number of carbonyl (C=O) groups is 4. The highest BCUT2D eigenvalue weighted by molar-refractivity contribution is 7.53. The predicted molar refractivity (Wildman–Crippen MR) is 443 cm³/mol. The van der Waals surface area contributed by atoms with Crippen LogP contribution in [0.1, 0.15) is 123 Å². The molecule has 9 N–H and O–H groups in total. The van der Waals surface area contributed by atoms with Gasteiger partial charge in [0.1, 0.15) is 83.8 Å². The van der Waals surface area contributed by atoms with Crippen LogP contribution in [0.2, 0.25) is 0 Å². The summed E-state index contributed by atoms with van der Waals surface area (Å²) in [5, 5.41) is 30.3. The third-order valence-corrected chi connectivity index (χ3v) is 24.6. The van der Waals surface area contributed by atoms with E-state index in [0.29, 0.717) is 0 Å². The molecule has 3 fully saturated rings. The Morgan fingerprint density at radius 2 is 0.643 bits per heavy atom. The number of alkyl halides is 3. The van der Waals surface area contributed by atoms with Crippen molar-refractivity contribution in [2.75, 3.05) is 19.8 Å². The van der Waals surface area contributed by atoms with Crippen LogP contribution in [0.3, 0.4) is 0 Å². The van der Waals surface area contributed by atoms with Crippen molar-refractivity contribution in [3.63, 3.8) is 0 Å². The maximum atomic E-state index is 17.3. The average molecular weight is 1860 g/mol. The van der Waals surface area contributed by atoms with Gasteiger partial charge in [0, 0.05) is 36.8 Å². The van der Waals surface area contributed by atoms with E-state index in [0.717, 1.165) is 71.3 Å². The van der Waals surface area contributed by atoms with Gasteiger partial charge in [0.15, 0.2) is 35.7 Å². The van der Waals surface area contributed by atoms with Gasteiger partial charge >= 0.3 is 71.9 Å². The molecule has 3 saturated heterocycles. The van der Waals surface area contributed by atoms with Crippen LogP contribution < -0.4 is 72.2 Å². The Morgan fingerprint density at radius 3 is 0.921 bits per heavy atom. The molecule has 126 heavy (non-hydrogen) atoms. The Morgan fingerprint density at radius 1 is 0.397 bits per heavy atom. The summed E-state index contributed by atoms with van der Waals surface area (Å²) in [5.74, 6) is -2.77. The molecule has 0 spiro atoms. The summed E-state index contributed by atoms with van der Waals surface area (Å²) in [6.07, 6.45) is -14.0. The molecule has 4 unspecified atom stereocenters. The van der Waals surface area contributed by atoms with Gasteiger partial charge in [-0.2, -0.15) is 20.3 Å². The Balaban J connectivity index is 0.000000242. The number of aromatic amines is 3. The number of para-hydroxylation sites is 4. The van der Waals surface area contributed by atoms with E-state index < -0.39 is 229 Å². The molecule has 48 heteroatoms. The summed E-state index contributed by atoms with van der Waals surface area (Å²) < 4.78 is 190. The number of ether oxygens (including phenoxy) is 7. The van der Waals surface area contributed by atoms with Crippen molar-refractivity contribution in [2.45, 2.75) is 225 Å². The van der Waals surface area contributed by atoms with Crippen LogP contribution in [0.25, 0.3) is 0 Å². The van der Waals surface area contributed by atoms with E-state index in [2.05, 4.69) is 20.3 Å². The van der Waals surface area contributed by atoms with Gasteiger partial charge in [0.2, 0.25) is 0 Å². The number of aliphatic hydroxyl groups is 2. The minimum Gasteiger partial charge on any atom is -0.462 e. The van der Waals surface area contributed by atoms with Gasteiger partial charge in [-0.25, -0.2) is 45.8 Å². The number of hydrogen-bond acceptors (Lipinski definition) is 31. The minimum atomic E-state index is -4.82. The Hall–Kier alpha value is -9.81. The SMILES string of the molecule is CC(C)OC(=O)[C@H](C)NP(=O)(OC[C@H]1O[C@@H](n2ccc(=O)[nH]c2=O)[C@](C)(F)[C@@H]1O)Oc1ccccc1.CC(C)OC(=O)[C@H](C)NP(=O)(OC[C@H]1O[C@@H](n2ccc(=O)[nH]c2=O)[C@](C)(F)[C@@H]1OP(=O)(N[C@@H](C)C(=O)OC(C)C)Oc1ccccc1)Oc1ccccc1.CC(C)OC(=O)[C@H](C)NP(=O)(Oc1ccccc1)O[C@@H]1[C@@H](CO)O[C@@H](n2ccc(=O)[nH]c2=O)[C@]1(C)F. The average Bonchev–Trinajstić information content (AvgIpc) is 1.60. The molecule has 6 heterocycles. The van der Waals surface area contributed by atoms with Gasteiger partial charge in [0.25, 0.3) is 16.7 Å². The fraction of sp³-hybridized carbons (Fsp3) is 0.487. The molecular formula is C78H103F3N10O31P4. The molecule has 3 aliphatic rings. The lowest BCUT2D eigenvalue weighted by Crippen LogP contribution is -2.46. The molecule has 692 valence electrons. The zero-order chi connectivity index (χ0) is 93.2. The highest BCUT2D eigenvalue weighted by Gasteiger charge is 2.62. The number of H-pyrrole nitrogens is 3. The third kappa shape index (κ3) is 27.9. The molecule has 0 amide bonds. The highest BCUT2D eigenvalue weighted by atomic mass is 31.2. The Labute approximate surface area is 719 Å². The fourth-order valence-electron chi connectivity index (χ4n) is 12.2. The number of aliphatic hydroxyl groups excluding tert-OH is 2. The molecule has 0 bridgehead atoms. The minimum absolute atomic E-state index is 0.00525. The number of nitrogens with one attached hydrogen (secondary N) is 7. The molecule has 4 aromatic carbocycles. The van der Waals surface area contributed by atoms with E-state index in [4.69, 9.17) is 69.3 Å². The number of halogens is 3. The first-order chi connectivity index (χ1) is 59.0. The van der Waals surface area contributed by atoms with Gasteiger partial charge in [-0.3, -0.25) is 80.3 Å². The van der Waals surface area contributed by atoms with Crippen molar-refractivity contribution in [2.24, 2.45) is 0 Å². The van der Waals surface area contributed by atoms with Gasteiger partial charge < -0.3 is 61.5 Å². The van der Waals surface area contributed by atoms with Crippen molar-refractivity contribution < 1.29 is 130 Å². The zero-order valence-electron chi connectivity index (χ0n) is 70.9. The summed E-state index contributed by atoms with van der Waals surface area (Å²) in [5.41, 5.74) is -13.0. The van der Waals surface area contributed by atoms with Crippen LogP contribution in [-0.4, -0.2) is 185 Å². The lowest BCUT2D eigenvalue weighted by Gasteiger charge is -2.32. The summed E-state index contributed by atoms with van der Waals surface area (Å²) in [6, 6.07) is 29.4. The van der Waals surface area contributed by atoms with E-state index in [-0.39, 0.29) is 23.0 Å². The van der Waals surface area contributed by atoms with Crippen LogP contribution in [-0.2, 0) is 88.7 Å². The Kier molecular flexibility index (Phi) is 35.3. The second kappa shape index (κ2) is 43.8. The van der Waals surface area contributed by atoms with Crippen molar-refractivity contribution in [1.82, 2.24) is 49.0 Å². The molecule has 0 radical (unpaired) electrons. The third-order valence-electron chi connectivity index (χ3n) is 18.0. The van der Waals surface area contributed by atoms with E-state index in [1.54, 1.807) is 128 Å². The second-order valence-corrected chi connectivity index (χ2v) is 37.0. The summed E-state index contributed by atoms with van der Waals surface area (Å²) in [7, 11) is -18.2. The molecule has 0 saturated carbocycles. The van der Waals surface area contributed by atoms with Crippen LogP contribution in [0.4, 0.5) is 13.2 Å². The lowest BCUT2D eigenvalue weighted by atomic mass is 9.98. The number of esters is 4. The first-order valence-electron chi connectivity index (χ1n) is 39.2. The molecule has 3 aromatic heterocycles. The summed E-state index contributed by atoms with van der Waals surface area (Å²) in [4.78, 5) is 128. The predicted octanol–water partition coefficient (Wildman–Crippen LogP) is 8.11. The molecule has 0 aliphatic carbocycles. The van der Waals surface area contributed by atoms with Gasteiger partial charge in [0.05, 0.1) is 44.2 Å². The summed E-state index contributed by atoms with van der Waals surface area (Å²) >= 11 is 0. The van der Waals surface area contributed by atoms with Crippen LogP contribution in [0.5, 0.6) is 23.0 Å². The van der Waals surface area contributed by atoms with E-state index >= 15 is 13.2 Å². The van der Waals surface area contributed by atoms with Gasteiger partial charge in [-0.15, -0.1) is 0 Å². The maximum absolute atomic E-state index is 17.3. The first kappa shape index (κ1) is 102. The number of aromatic nitrogens is 6. The van der Waals surface area contributed by atoms with Gasteiger partial charge in [-0.1, -0.05) is 72.8 Å². The molecule has 3 aliphatic heterocycles. The van der Waals surface area contributed by atoms with Crippen LogP contribution in [0, 0.1) is 0 Å². The number of benzene rings is 4.